The number of rotatable bonds is 4. The summed E-state index contributed by atoms with van der Waals surface area (Å²) < 4.78 is 5.42. The first-order chi connectivity index (χ1) is 7.75. The summed E-state index contributed by atoms with van der Waals surface area (Å²) in [7, 11) is 0. The molecule has 0 atom stereocenters. The molecule has 0 fully saturated rings. The van der Waals surface area contributed by atoms with Gasteiger partial charge in [-0.05, 0) is 18.2 Å². The molecule has 1 N–H and O–H groups in total. The molecule has 0 aliphatic rings. The lowest BCUT2D eigenvalue weighted by molar-refractivity contribution is 0.0696. The second-order valence-corrected chi connectivity index (χ2v) is 3.82. The van der Waals surface area contributed by atoms with Gasteiger partial charge in [-0.25, -0.2) is 9.78 Å². The van der Waals surface area contributed by atoms with Crippen LogP contribution in [0.25, 0.3) is 0 Å². The van der Waals surface area contributed by atoms with Crippen molar-refractivity contribution in [1.29, 1.82) is 0 Å². The number of benzene rings is 1. The minimum atomic E-state index is -0.959. The number of carbonyl (C=O) groups is 1. The van der Waals surface area contributed by atoms with Crippen molar-refractivity contribution >= 4 is 17.3 Å². The van der Waals surface area contributed by atoms with E-state index in [2.05, 4.69) is 4.98 Å². The predicted molar refractivity (Wildman–Crippen MR) is 59.8 cm³/mol. The third kappa shape index (κ3) is 2.58. The lowest BCUT2D eigenvalue weighted by atomic mass is 10.2. The Morgan fingerprint density at radius 3 is 3.06 bits per heavy atom. The summed E-state index contributed by atoms with van der Waals surface area (Å²) in [4.78, 5) is 14.8. The molecule has 0 aliphatic heterocycles. The Hall–Kier alpha value is -1.88. The first-order valence-corrected chi connectivity index (χ1v) is 5.53. The summed E-state index contributed by atoms with van der Waals surface area (Å²) in [6.07, 6.45) is 0. The molecule has 5 heteroatoms. The zero-order valence-corrected chi connectivity index (χ0v) is 9.11. The minimum absolute atomic E-state index is 0.218. The van der Waals surface area contributed by atoms with Crippen LogP contribution in [-0.4, -0.2) is 16.1 Å². The number of aromatic nitrogens is 1. The Kier molecular flexibility index (Phi) is 3.16. The van der Waals surface area contributed by atoms with Crippen LogP contribution in [0.5, 0.6) is 5.75 Å². The van der Waals surface area contributed by atoms with E-state index < -0.39 is 5.97 Å². The average Bonchev–Trinajstić information content (AvgIpc) is 2.79. The number of hydrogen-bond acceptors (Lipinski definition) is 4. The van der Waals surface area contributed by atoms with Gasteiger partial charge in [0.15, 0.2) is 0 Å². The van der Waals surface area contributed by atoms with Crippen molar-refractivity contribution in [2.45, 2.75) is 6.61 Å². The third-order valence-corrected chi connectivity index (χ3v) is 2.59. The Labute approximate surface area is 96.1 Å². The van der Waals surface area contributed by atoms with Crippen LogP contribution >= 0.6 is 11.3 Å². The van der Waals surface area contributed by atoms with Crippen LogP contribution in [0.4, 0.5) is 0 Å². The fraction of sp³-hybridized carbons (Fsp3) is 0.0909. The van der Waals surface area contributed by atoms with E-state index in [4.69, 9.17) is 9.84 Å². The average molecular weight is 235 g/mol. The fourth-order valence-corrected chi connectivity index (χ4v) is 1.73. The molecule has 0 spiro atoms. The van der Waals surface area contributed by atoms with Crippen molar-refractivity contribution in [2.24, 2.45) is 0 Å². The summed E-state index contributed by atoms with van der Waals surface area (Å²) in [5, 5.41) is 10.7. The number of nitrogens with zero attached hydrogens (tertiary/aromatic N) is 1. The molecular weight excluding hydrogens is 226 g/mol. The number of ether oxygens (including phenoxy) is 1. The van der Waals surface area contributed by atoms with Gasteiger partial charge < -0.3 is 9.84 Å². The zero-order chi connectivity index (χ0) is 11.4. The molecule has 0 amide bonds. The quantitative estimate of drug-likeness (QED) is 0.884. The lowest BCUT2D eigenvalue weighted by Crippen LogP contribution is -1.99. The Morgan fingerprint density at radius 2 is 2.38 bits per heavy atom. The van der Waals surface area contributed by atoms with Gasteiger partial charge in [-0.3, -0.25) is 0 Å². The van der Waals surface area contributed by atoms with Crippen LogP contribution in [0.15, 0.2) is 35.2 Å². The van der Waals surface area contributed by atoms with Gasteiger partial charge in [0.25, 0.3) is 0 Å². The van der Waals surface area contributed by atoms with E-state index >= 15 is 0 Å². The largest absolute Gasteiger partial charge is 0.487 e. The topological polar surface area (TPSA) is 59.4 Å². The molecule has 0 saturated carbocycles. The normalized spacial score (nSPS) is 10.0. The van der Waals surface area contributed by atoms with Crippen molar-refractivity contribution in [3.8, 4) is 5.75 Å². The highest BCUT2D eigenvalue weighted by molar-refractivity contribution is 7.07. The first kappa shape index (κ1) is 10.6. The van der Waals surface area contributed by atoms with E-state index in [1.54, 1.807) is 17.6 Å². The summed E-state index contributed by atoms with van der Waals surface area (Å²) in [6, 6.07) is 6.39. The maximum absolute atomic E-state index is 10.7. The van der Waals surface area contributed by atoms with Gasteiger partial charge in [-0.15, -0.1) is 11.3 Å². The third-order valence-electron chi connectivity index (χ3n) is 1.95. The van der Waals surface area contributed by atoms with E-state index in [1.165, 1.54) is 23.5 Å². The Bertz CT molecular complexity index is 482. The van der Waals surface area contributed by atoms with Gasteiger partial charge in [-0.2, -0.15) is 0 Å². The number of aromatic carboxylic acids is 1. The summed E-state index contributed by atoms with van der Waals surface area (Å²) in [6.45, 7) is 0.354. The molecule has 0 unspecified atom stereocenters. The van der Waals surface area contributed by atoms with E-state index in [-0.39, 0.29) is 5.56 Å². The van der Waals surface area contributed by atoms with Crippen LogP contribution in [0.2, 0.25) is 0 Å². The molecule has 4 nitrogen and oxygen atoms in total. The molecule has 1 aromatic heterocycles. The molecular formula is C11H9NO3S. The Morgan fingerprint density at radius 1 is 1.50 bits per heavy atom. The van der Waals surface area contributed by atoms with Crippen molar-refractivity contribution in [3.63, 3.8) is 0 Å². The number of hydrogen-bond donors (Lipinski definition) is 1. The van der Waals surface area contributed by atoms with Gasteiger partial charge in [0, 0.05) is 5.38 Å². The molecule has 0 aliphatic carbocycles. The fourth-order valence-electron chi connectivity index (χ4n) is 1.19. The molecule has 0 saturated heterocycles. The molecule has 1 heterocycles. The zero-order valence-electron chi connectivity index (χ0n) is 8.29. The maximum Gasteiger partial charge on any atom is 0.335 e. The van der Waals surface area contributed by atoms with Gasteiger partial charge >= 0.3 is 5.97 Å². The predicted octanol–water partition coefficient (Wildman–Crippen LogP) is 2.42. The molecule has 2 aromatic rings. The van der Waals surface area contributed by atoms with E-state index in [0.717, 1.165) is 5.69 Å². The van der Waals surface area contributed by atoms with Gasteiger partial charge in [-0.1, -0.05) is 6.07 Å². The monoisotopic (exact) mass is 235 g/mol. The first-order valence-electron chi connectivity index (χ1n) is 4.59. The molecule has 82 valence electrons. The maximum atomic E-state index is 10.7. The lowest BCUT2D eigenvalue weighted by Gasteiger charge is -2.04. The van der Waals surface area contributed by atoms with Crippen molar-refractivity contribution in [3.05, 3.63) is 46.4 Å². The van der Waals surface area contributed by atoms with Crippen LogP contribution in [0.1, 0.15) is 16.1 Å². The second-order valence-electron chi connectivity index (χ2n) is 3.10. The summed E-state index contributed by atoms with van der Waals surface area (Å²) >= 11 is 1.50. The van der Waals surface area contributed by atoms with Crippen LogP contribution < -0.4 is 4.74 Å². The highest BCUT2D eigenvalue weighted by Crippen LogP contribution is 2.15. The van der Waals surface area contributed by atoms with Crippen LogP contribution in [0, 0.1) is 0 Å². The SMILES string of the molecule is O=C(O)c1cccc(OCc2cscn2)c1. The van der Waals surface area contributed by atoms with E-state index in [1.807, 2.05) is 5.38 Å². The van der Waals surface area contributed by atoms with Crippen molar-refractivity contribution in [1.82, 2.24) is 4.98 Å². The van der Waals surface area contributed by atoms with Gasteiger partial charge in [0.1, 0.15) is 12.4 Å². The van der Waals surface area contributed by atoms with Crippen LogP contribution in [0.3, 0.4) is 0 Å². The molecule has 0 bridgehead atoms. The highest BCUT2D eigenvalue weighted by atomic mass is 32.1. The molecule has 0 radical (unpaired) electrons. The van der Waals surface area contributed by atoms with E-state index in [0.29, 0.717) is 12.4 Å². The Balaban J connectivity index is 2.04. The van der Waals surface area contributed by atoms with E-state index in [9.17, 15) is 4.79 Å². The summed E-state index contributed by atoms with van der Waals surface area (Å²) in [5.74, 6) is -0.424. The smallest absolute Gasteiger partial charge is 0.335 e. The molecule has 16 heavy (non-hydrogen) atoms. The van der Waals surface area contributed by atoms with Crippen molar-refractivity contribution < 1.29 is 14.6 Å². The van der Waals surface area contributed by atoms with Crippen molar-refractivity contribution in [2.75, 3.05) is 0 Å². The highest BCUT2D eigenvalue weighted by Gasteiger charge is 2.04. The summed E-state index contributed by atoms with van der Waals surface area (Å²) in [5.41, 5.74) is 2.79. The van der Waals surface area contributed by atoms with Crippen LogP contribution in [-0.2, 0) is 6.61 Å². The molecule has 2 rings (SSSR count). The number of carboxylic acids is 1. The van der Waals surface area contributed by atoms with Gasteiger partial charge in [0.2, 0.25) is 0 Å². The van der Waals surface area contributed by atoms with Gasteiger partial charge in [0.05, 0.1) is 16.8 Å². The number of carboxylic acid groups (broad SMARTS) is 1. The standard InChI is InChI=1S/C11H9NO3S/c13-11(14)8-2-1-3-10(4-8)15-5-9-6-16-7-12-9/h1-4,6-7H,5H2,(H,13,14). The molecule has 1 aromatic carbocycles. The second kappa shape index (κ2) is 4.76. The minimum Gasteiger partial charge on any atom is -0.487 e. The number of thiazole rings is 1.